The fourth-order valence-electron chi connectivity index (χ4n) is 3.07. The largest absolute Gasteiger partial charge is 0.491 e. The molecule has 0 radical (unpaired) electrons. The van der Waals surface area contributed by atoms with E-state index in [0.29, 0.717) is 24.5 Å². The number of halogens is 3. The fourth-order valence-corrected chi connectivity index (χ4v) is 3.07. The molecule has 0 aliphatic rings. The van der Waals surface area contributed by atoms with E-state index in [9.17, 15) is 18.0 Å². The Morgan fingerprint density at radius 3 is 2.58 bits per heavy atom. The fraction of sp³-hybridized carbons (Fsp3) is 0.261. The maximum atomic E-state index is 12.4. The summed E-state index contributed by atoms with van der Waals surface area (Å²) in [7, 11) is 1.59. The van der Waals surface area contributed by atoms with Gasteiger partial charge in [-0.2, -0.15) is 18.2 Å². The third-order valence-corrected chi connectivity index (χ3v) is 4.72. The van der Waals surface area contributed by atoms with Crippen LogP contribution in [0.1, 0.15) is 5.56 Å². The molecule has 36 heavy (non-hydrogen) atoms. The number of rotatable bonds is 10. The van der Waals surface area contributed by atoms with Crippen molar-refractivity contribution in [3.63, 3.8) is 0 Å². The standard InChI is InChI=1S/C23H20F3N5O5/c1-33-7-8-34-18-4-2-3-15(9-18)12-31-13-16(5-6-19(31)32)20-29-21(36-30-20)17-10-27-22(28-11-17)35-14-23(24,25)26/h2-6,9-11,13H,7-8,12,14H2,1H3. The molecule has 0 bridgehead atoms. The Hall–Kier alpha value is -4.26. The molecule has 0 saturated heterocycles. The van der Waals surface area contributed by atoms with Gasteiger partial charge in [-0.25, -0.2) is 9.97 Å². The van der Waals surface area contributed by atoms with E-state index < -0.39 is 18.8 Å². The lowest BCUT2D eigenvalue weighted by atomic mass is 10.2. The summed E-state index contributed by atoms with van der Waals surface area (Å²) in [6.07, 6.45) is -0.488. The first-order valence-electron chi connectivity index (χ1n) is 10.6. The highest BCUT2D eigenvalue weighted by molar-refractivity contribution is 5.57. The molecule has 1 aromatic carbocycles. The summed E-state index contributed by atoms with van der Waals surface area (Å²) in [5.41, 5.74) is 1.42. The van der Waals surface area contributed by atoms with E-state index >= 15 is 0 Å². The van der Waals surface area contributed by atoms with Crippen molar-refractivity contribution in [1.82, 2.24) is 24.7 Å². The number of benzene rings is 1. The summed E-state index contributed by atoms with van der Waals surface area (Å²) in [5, 5.41) is 3.92. The van der Waals surface area contributed by atoms with E-state index in [2.05, 4.69) is 24.8 Å². The highest BCUT2D eigenvalue weighted by atomic mass is 19.4. The molecule has 0 saturated carbocycles. The zero-order valence-corrected chi connectivity index (χ0v) is 18.9. The minimum absolute atomic E-state index is 0.0473. The van der Waals surface area contributed by atoms with Gasteiger partial charge in [-0.1, -0.05) is 17.3 Å². The molecule has 10 nitrogen and oxygen atoms in total. The summed E-state index contributed by atoms with van der Waals surface area (Å²) in [5.74, 6) is 0.910. The van der Waals surface area contributed by atoms with Crippen LogP contribution in [0.3, 0.4) is 0 Å². The van der Waals surface area contributed by atoms with Crippen LogP contribution in [0, 0.1) is 0 Å². The van der Waals surface area contributed by atoms with E-state index in [1.165, 1.54) is 23.0 Å². The SMILES string of the molecule is COCCOc1cccc(Cn2cc(-c3noc(-c4cnc(OCC(F)(F)F)nc4)n3)ccc2=O)c1. The van der Waals surface area contributed by atoms with Crippen LogP contribution in [0.15, 0.2) is 64.3 Å². The van der Waals surface area contributed by atoms with Crippen LogP contribution < -0.4 is 15.0 Å². The summed E-state index contributed by atoms with van der Waals surface area (Å²) in [6, 6.07) is 9.87. The molecule has 0 fully saturated rings. The average molecular weight is 503 g/mol. The molecule has 13 heteroatoms. The van der Waals surface area contributed by atoms with Crippen LogP contribution in [-0.2, 0) is 11.3 Å². The van der Waals surface area contributed by atoms with E-state index in [4.69, 9.17) is 14.0 Å². The minimum Gasteiger partial charge on any atom is -0.491 e. The van der Waals surface area contributed by atoms with Gasteiger partial charge in [0, 0.05) is 37.3 Å². The highest BCUT2D eigenvalue weighted by Gasteiger charge is 2.29. The lowest BCUT2D eigenvalue weighted by Gasteiger charge is -2.10. The molecular formula is C23H20F3N5O5. The molecule has 4 aromatic rings. The van der Waals surface area contributed by atoms with Crippen LogP contribution >= 0.6 is 0 Å². The normalized spacial score (nSPS) is 11.4. The molecule has 0 amide bonds. The molecule has 0 N–H and O–H groups in total. The second-order valence-electron chi connectivity index (χ2n) is 7.45. The predicted molar refractivity (Wildman–Crippen MR) is 119 cm³/mol. The number of hydrogen-bond donors (Lipinski definition) is 0. The average Bonchev–Trinajstić information content (AvgIpc) is 3.35. The predicted octanol–water partition coefficient (Wildman–Crippen LogP) is 3.37. The van der Waals surface area contributed by atoms with Gasteiger partial charge in [-0.3, -0.25) is 4.79 Å². The lowest BCUT2D eigenvalue weighted by molar-refractivity contribution is -0.154. The molecular weight excluding hydrogens is 483 g/mol. The Kier molecular flexibility index (Phi) is 7.59. The summed E-state index contributed by atoms with van der Waals surface area (Å²) >= 11 is 0. The van der Waals surface area contributed by atoms with E-state index in [-0.39, 0.29) is 29.4 Å². The summed E-state index contributed by atoms with van der Waals surface area (Å²) in [4.78, 5) is 24.1. The number of nitrogens with zero attached hydrogens (tertiary/aromatic N) is 5. The first-order chi connectivity index (χ1) is 17.3. The van der Waals surface area contributed by atoms with Gasteiger partial charge < -0.3 is 23.3 Å². The topological polar surface area (TPSA) is 114 Å². The number of methoxy groups -OCH3 is 1. The third-order valence-electron chi connectivity index (χ3n) is 4.72. The lowest BCUT2D eigenvalue weighted by Crippen LogP contribution is -2.20. The third kappa shape index (κ3) is 6.66. The Balaban J connectivity index is 1.48. The quantitative estimate of drug-likeness (QED) is 0.301. The maximum absolute atomic E-state index is 12.4. The zero-order chi connectivity index (χ0) is 25.5. The monoisotopic (exact) mass is 503 g/mol. The van der Waals surface area contributed by atoms with Crippen molar-refractivity contribution in [2.75, 3.05) is 26.9 Å². The second-order valence-corrected chi connectivity index (χ2v) is 7.45. The van der Waals surface area contributed by atoms with Crippen molar-refractivity contribution >= 4 is 0 Å². The van der Waals surface area contributed by atoms with Crippen molar-refractivity contribution in [2.45, 2.75) is 12.7 Å². The number of pyridine rings is 1. The Morgan fingerprint density at radius 2 is 1.83 bits per heavy atom. The Morgan fingerprint density at radius 1 is 1.03 bits per heavy atom. The number of ether oxygens (including phenoxy) is 3. The molecule has 3 aromatic heterocycles. The first-order valence-corrected chi connectivity index (χ1v) is 10.6. The van der Waals surface area contributed by atoms with Gasteiger partial charge in [-0.05, 0) is 23.8 Å². The molecule has 0 atom stereocenters. The van der Waals surface area contributed by atoms with E-state index in [0.717, 1.165) is 5.56 Å². The molecule has 0 aliphatic heterocycles. The number of hydrogen-bond acceptors (Lipinski definition) is 9. The maximum Gasteiger partial charge on any atom is 0.422 e. The smallest absolute Gasteiger partial charge is 0.422 e. The summed E-state index contributed by atoms with van der Waals surface area (Å²) < 4.78 is 58.6. The minimum atomic E-state index is -4.50. The summed E-state index contributed by atoms with van der Waals surface area (Å²) in [6.45, 7) is -0.353. The van der Waals surface area contributed by atoms with E-state index in [1.54, 1.807) is 19.4 Å². The van der Waals surface area contributed by atoms with Crippen molar-refractivity contribution < 1.29 is 31.9 Å². The highest BCUT2D eigenvalue weighted by Crippen LogP contribution is 2.22. The van der Waals surface area contributed by atoms with Crippen molar-refractivity contribution in [1.29, 1.82) is 0 Å². The zero-order valence-electron chi connectivity index (χ0n) is 18.9. The van der Waals surface area contributed by atoms with Crippen LogP contribution in [0.4, 0.5) is 13.2 Å². The first kappa shape index (κ1) is 24.9. The van der Waals surface area contributed by atoms with Gasteiger partial charge >= 0.3 is 12.2 Å². The van der Waals surface area contributed by atoms with Gasteiger partial charge in [0.15, 0.2) is 6.61 Å². The van der Waals surface area contributed by atoms with Crippen LogP contribution in [0.2, 0.25) is 0 Å². The van der Waals surface area contributed by atoms with E-state index in [1.807, 2.05) is 24.3 Å². The van der Waals surface area contributed by atoms with Crippen molar-refractivity contribution in [3.05, 3.63) is 70.9 Å². The number of alkyl halides is 3. The molecule has 188 valence electrons. The van der Waals surface area contributed by atoms with Crippen molar-refractivity contribution in [2.24, 2.45) is 0 Å². The van der Waals surface area contributed by atoms with Gasteiger partial charge in [-0.15, -0.1) is 0 Å². The molecule has 3 heterocycles. The Labute approximate surface area is 202 Å². The van der Waals surface area contributed by atoms with Gasteiger partial charge in [0.25, 0.3) is 11.4 Å². The molecule has 0 unspecified atom stereocenters. The van der Waals surface area contributed by atoms with Crippen LogP contribution in [0.5, 0.6) is 11.8 Å². The second kappa shape index (κ2) is 11.0. The van der Waals surface area contributed by atoms with Crippen LogP contribution in [0.25, 0.3) is 22.8 Å². The molecule has 0 aliphatic carbocycles. The van der Waals surface area contributed by atoms with Crippen molar-refractivity contribution in [3.8, 4) is 34.6 Å². The molecule has 4 rings (SSSR count). The number of aromatic nitrogens is 5. The van der Waals surface area contributed by atoms with Gasteiger partial charge in [0.1, 0.15) is 12.4 Å². The van der Waals surface area contributed by atoms with Gasteiger partial charge in [0.2, 0.25) is 5.82 Å². The van der Waals surface area contributed by atoms with Gasteiger partial charge in [0.05, 0.1) is 18.7 Å². The Bertz CT molecular complexity index is 1360. The van der Waals surface area contributed by atoms with Crippen LogP contribution in [-0.4, -0.2) is 57.8 Å². The molecule has 0 spiro atoms.